The van der Waals surface area contributed by atoms with E-state index in [9.17, 15) is 24.3 Å². The predicted octanol–water partition coefficient (Wildman–Crippen LogP) is 0.290. The Labute approximate surface area is 201 Å². The van der Waals surface area contributed by atoms with E-state index in [1.165, 1.54) is 6.92 Å². The fourth-order valence-electron chi connectivity index (χ4n) is 3.33. The second-order valence-electron chi connectivity index (χ2n) is 8.60. The molecule has 0 radical (unpaired) electrons. The summed E-state index contributed by atoms with van der Waals surface area (Å²) in [6, 6.07) is 5.24. The van der Waals surface area contributed by atoms with Gasteiger partial charge in [-0.25, -0.2) is 4.79 Å². The molecule has 0 aromatic heterocycles. The molecule has 0 aliphatic carbocycles. The van der Waals surface area contributed by atoms with Crippen LogP contribution >= 0.6 is 0 Å². The van der Waals surface area contributed by atoms with E-state index in [4.69, 9.17) is 11.5 Å². The van der Waals surface area contributed by atoms with Crippen LogP contribution in [0.1, 0.15) is 52.0 Å². The minimum atomic E-state index is -1.16. The Morgan fingerprint density at radius 3 is 2.06 bits per heavy atom. The van der Waals surface area contributed by atoms with Gasteiger partial charge in [0.05, 0.1) is 6.04 Å². The molecule has 1 aromatic rings. The van der Waals surface area contributed by atoms with Crippen molar-refractivity contribution in [2.24, 2.45) is 17.4 Å². The van der Waals surface area contributed by atoms with Gasteiger partial charge in [-0.1, -0.05) is 50.6 Å². The average molecular weight is 478 g/mol. The highest BCUT2D eigenvalue weighted by molar-refractivity contribution is 5.94. The normalized spacial score (nSPS) is 15.3. The molecule has 0 bridgehead atoms. The van der Waals surface area contributed by atoms with Crippen LogP contribution in [-0.2, 0) is 25.6 Å². The zero-order valence-corrected chi connectivity index (χ0v) is 20.3. The molecule has 0 aliphatic rings. The second kappa shape index (κ2) is 15.0. The number of carboxylic acid groups (broad SMARTS) is 1. The summed E-state index contributed by atoms with van der Waals surface area (Å²) in [5.74, 6) is -2.99. The maximum absolute atomic E-state index is 13.2. The minimum Gasteiger partial charge on any atom is -0.480 e. The van der Waals surface area contributed by atoms with Crippen molar-refractivity contribution in [2.75, 3.05) is 6.54 Å². The van der Waals surface area contributed by atoms with E-state index in [0.717, 1.165) is 5.56 Å². The van der Waals surface area contributed by atoms with E-state index >= 15 is 0 Å². The molecule has 5 unspecified atom stereocenters. The fraction of sp³-hybridized carbons (Fsp3) is 0.583. The molecule has 0 spiro atoms. The number of carboxylic acids is 1. The molecule has 1 aromatic carbocycles. The number of nitrogens with two attached hydrogens (primary N) is 2. The minimum absolute atomic E-state index is 0.155. The largest absolute Gasteiger partial charge is 0.480 e. The molecule has 0 saturated carbocycles. The highest BCUT2D eigenvalue weighted by Gasteiger charge is 2.32. The molecule has 3 amide bonds. The Kier molecular flexibility index (Phi) is 12.8. The van der Waals surface area contributed by atoms with Crippen LogP contribution in [0.4, 0.5) is 0 Å². The fourth-order valence-corrected chi connectivity index (χ4v) is 3.33. The van der Waals surface area contributed by atoms with Crippen LogP contribution in [0.25, 0.3) is 0 Å². The Bertz CT molecular complexity index is 802. The third-order valence-corrected chi connectivity index (χ3v) is 5.68. The molecular weight excluding hydrogens is 438 g/mol. The molecule has 0 heterocycles. The van der Waals surface area contributed by atoms with Crippen LogP contribution in [-0.4, -0.2) is 59.5 Å². The number of hydrogen-bond donors (Lipinski definition) is 6. The molecule has 190 valence electrons. The monoisotopic (exact) mass is 477 g/mol. The van der Waals surface area contributed by atoms with Crippen molar-refractivity contribution in [1.82, 2.24) is 16.0 Å². The SMILES string of the molecule is CCC(C)C(NC(=O)C(C)N)C(=O)NC(Cc1ccccc1)C(=O)NC(CCCCN)C(=O)O. The highest BCUT2D eigenvalue weighted by atomic mass is 16.4. The van der Waals surface area contributed by atoms with Crippen LogP contribution < -0.4 is 27.4 Å². The zero-order valence-electron chi connectivity index (χ0n) is 20.3. The Hall–Kier alpha value is -2.98. The molecule has 10 nitrogen and oxygen atoms in total. The van der Waals surface area contributed by atoms with Gasteiger partial charge in [0.25, 0.3) is 0 Å². The first kappa shape index (κ1) is 29.1. The van der Waals surface area contributed by atoms with Crippen molar-refractivity contribution in [2.45, 2.75) is 77.0 Å². The first-order valence-corrected chi connectivity index (χ1v) is 11.7. The van der Waals surface area contributed by atoms with Gasteiger partial charge in [-0.15, -0.1) is 0 Å². The Morgan fingerprint density at radius 2 is 1.53 bits per heavy atom. The zero-order chi connectivity index (χ0) is 25.7. The van der Waals surface area contributed by atoms with E-state index < -0.39 is 47.9 Å². The van der Waals surface area contributed by atoms with Crippen molar-refractivity contribution in [3.8, 4) is 0 Å². The summed E-state index contributed by atoms with van der Waals surface area (Å²) in [5, 5.41) is 17.4. The van der Waals surface area contributed by atoms with Crippen molar-refractivity contribution < 1.29 is 24.3 Å². The number of rotatable bonds is 15. The van der Waals surface area contributed by atoms with E-state index in [-0.39, 0.29) is 18.8 Å². The highest BCUT2D eigenvalue weighted by Crippen LogP contribution is 2.11. The topological polar surface area (TPSA) is 177 Å². The number of carbonyl (C=O) groups is 4. The molecule has 1 rings (SSSR count). The first-order chi connectivity index (χ1) is 16.1. The lowest BCUT2D eigenvalue weighted by atomic mass is 9.96. The quantitative estimate of drug-likeness (QED) is 0.197. The predicted molar refractivity (Wildman–Crippen MR) is 130 cm³/mol. The summed E-state index contributed by atoms with van der Waals surface area (Å²) in [6.07, 6.45) is 2.17. The third-order valence-electron chi connectivity index (χ3n) is 5.68. The number of aliphatic carboxylic acids is 1. The first-order valence-electron chi connectivity index (χ1n) is 11.7. The second-order valence-corrected chi connectivity index (χ2v) is 8.60. The molecule has 0 fully saturated rings. The molecule has 8 N–H and O–H groups in total. The lowest BCUT2D eigenvalue weighted by Crippen LogP contribution is -2.58. The average Bonchev–Trinajstić information content (AvgIpc) is 2.81. The number of unbranched alkanes of at least 4 members (excludes halogenated alkanes) is 1. The van der Waals surface area contributed by atoms with Crippen LogP contribution in [0.3, 0.4) is 0 Å². The van der Waals surface area contributed by atoms with Crippen LogP contribution in [0, 0.1) is 5.92 Å². The summed E-state index contributed by atoms with van der Waals surface area (Å²) in [4.78, 5) is 50.1. The van der Waals surface area contributed by atoms with Crippen molar-refractivity contribution >= 4 is 23.7 Å². The molecule has 10 heteroatoms. The number of carbonyl (C=O) groups excluding carboxylic acids is 3. The van der Waals surface area contributed by atoms with E-state index in [1.54, 1.807) is 0 Å². The summed E-state index contributed by atoms with van der Waals surface area (Å²) in [6.45, 7) is 5.65. The Balaban J connectivity index is 3.09. The van der Waals surface area contributed by atoms with E-state index in [2.05, 4.69) is 16.0 Å². The number of amides is 3. The van der Waals surface area contributed by atoms with Gasteiger partial charge >= 0.3 is 5.97 Å². The van der Waals surface area contributed by atoms with Gasteiger partial charge in [0.15, 0.2) is 0 Å². The van der Waals surface area contributed by atoms with Crippen molar-refractivity contribution in [3.63, 3.8) is 0 Å². The van der Waals surface area contributed by atoms with Crippen molar-refractivity contribution in [3.05, 3.63) is 35.9 Å². The van der Waals surface area contributed by atoms with Crippen LogP contribution in [0.2, 0.25) is 0 Å². The van der Waals surface area contributed by atoms with Gasteiger partial charge in [0.2, 0.25) is 17.7 Å². The van der Waals surface area contributed by atoms with Gasteiger partial charge in [-0.3, -0.25) is 14.4 Å². The number of benzene rings is 1. The summed E-state index contributed by atoms with van der Waals surface area (Å²) < 4.78 is 0. The molecule has 5 atom stereocenters. The smallest absolute Gasteiger partial charge is 0.326 e. The summed E-state index contributed by atoms with van der Waals surface area (Å²) >= 11 is 0. The Morgan fingerprint density at radius 1 is 0.912 bits per heavy atom. The molecule has 0 saturated heterocycles. The lowest BCUT2D eigenvalue weighted by molar-refractivity contribution is -0.142. The van der Waals surface area contributed by atoms with Crippen molar-refractivity contribution in [1.29, 1.82) is 0 Å². The lowest BCUT2D eigenvalue weighted by Gasteiger charge is -2.27. The van der Waals surface area contributed by atoms with Gasteiger partial charge in [-0.2, -0.15) is 0 Å². The van der Waals surface area contributed by atoms with E-state index in [1.807, 2.05) is 44.2 Å². The van der Waals surface area contributed by atoms with Gasteiger partial charge in [0.1, 0.15) is 18.1 Å². The summed E-state index contributed by atoms with van der Waals surface area (Å²) in [7, 11) is 0. The number of hydrogen-bond acceptors (Lipinski definition) is 6. The van der Waals surface area contributed by atoms with Gasteiger partial charge in [-0.05, 0) is 44.2 Å². The number of nitrogens with one attached hydrogen (secondary N) is 3. The maximum Gasteiger partial charge on any atom is 0.326 e. The molecule has 0 aliphatic heterocycles. The van der Waals surface area contributed by atoms with Gasteiger partial charge < -0.3 is 32.5 Å². The maximum atomic E-state index is 13.2. The van der Waals surface area contributed by atoms with E-state index in [0.29, 0.717) is 25.8 Å². The standard InChI is InChI=1S/C24H39N5O5/c1-4-15(2)20(29-21(30)16(3)26)23(32)28-19(14-17-10-6-5-7-11-17)22(31)27-18(24(33)34)12-8-9-13-25/h5-7,10-11,15-16,18-20H,4,8-9,12-14,25-26H2,1-3H3,(H,27,31)(H,28,32)(H,29,30)(H,33,34). The van der Waals surface area contributed by atoms with Crippen LogP contribution in [0.5, 0.6) is 0 Å². The summed E-state index contributed by atoms with van der Waals surface area (Å²) in [5.41, 5.74) is 11.9. The van der Waals surface area contributed by atoms with Crippen LogP contribution in [0.15, 0.2) is 30.3 Å². The third kappa shape index (κ3) is 9.88. The molecule has 34 heavy (non-hydrogen) atoms. The van der Waals surface area contributed by atoms with Gasteiger partial charge in [0, 0.05) is 6.42 Å². The molecular formula is C24H39N5O5.